The molecule has 1 N–H and O–H groups in total. The molecular formula is C21H27N5O. The molecule has 142 valence electrons. The number of amides is 1. The fraction of sp³-hybridized carbons (Fsp3) is 0.524. The molecule has 0 atom stereocenters. The Morgan fingerprint density at radius 2 is 1.96 bits per heavy atom. The zero-order valence-corrected chi connectivity index (χ0v) is 15.9. The van der Waals surface area contributed by atoms with Gasteiger partial charge in [-0.15, -0.1) is 0 Å². The number of hydrogen-bond donors (Lipinski definition) is 1. The molecule has 3 heterocycles. The Morgan fingerprint density at radius 1 is 1.19 bits per heavy atom. The maximum Gasteiger partial charge on any atom is 0.219 e. The molecule has 1 aliphatic carbocycles. The van der Waals surface area contributed by atoms with Gasteiger partial charge in [0.2, 0.25) is 5.91 Å². The van der Waals surface area contributed by atoms with Crippen molar-refractivity contribution in [1.82, 2.24) is 19.9 Å². The highest BCUT2D eigenvalue weighted by atomic mass is 16.2. The largest absolute Gasteiger partial charge is 0.369 e. The number of carbonyl (C=O) groups excluding carboxylic acids is 1. The summed E-state index contributed by atoms with van der Waals surface area (Å²) in [6.45, 7) is 3.88. The third kappa shape index (κ3) is 4.10. The summed E-state index contributed by atoms with van der Waals surface area (Å²) in [6.07, 6.45) is 11.0. The fourth-order valence-corrected chi connectivity index (χ4v) is 4.11. The van der Waals surface area contributed by atoms with Gasteiger partial charge in [-0.25, -0.2) is 9.97 Å². The van der Waals surface area contributed by atoms with E-state index in [9.17, 15) is 4.79 Å². The summed E-state index contributed by atoms with van der Waals surface area (Å²) in [4.78, 5) is 27.4. The quantitative estimate of drug-likeness (QED) is 0.899. The number of anilines is 1. The van der Waals surface area contributed by atoms with Crippen molar-refractivity contribution in [3.63, 3.8) is 0 Å². The minimum Gasteiger partial charge on any atom is -0.369 e. The molecular weight excluding hydrogens is 338 g/mol. The minimum absolute atomic E-state index is 0.0986. The van der Waals surface area contributed by atoms with Gasteiger partial charge in [-0.1, -0.05) is 19.3 Å². The van der Waals surface area contributed by atoms with E-state index < -0.39 is 0 Å². The summed E-state index contributed by atoms with van der Waals surface area (Å²) in [7, 11) is 0. The summed E-state index contributed by atoms with van der Waals surface area (Å²) in [5.74, 6) is 2.47. The summed E-state index contributed by atoms with van der Waals surface area (Å²) in [5.41, 5.74) is 3.08. The molecule has 0 bridgehead atoms. The van der Waals surface area contributed by atoms with Crippen LogP contribution in [-0.2, 0) is 17.8 Å². The first-order valence-electron chi connectivity index (χ1n) is 10.0. The first-order valence-corrected chi connectivity index (χ1v) is 10.0. The predicted molar refractivity (Wildman–Crippen MR) is 105 cm³/mol. The van der Waals surface area contributed by atoms with Gasteiger partial charge in [-0.05, 0) is 37.3 Å². The standard InChI is InChI=1S/C21H27N5O/c1-15(27)26-12-9-18-19(14-26)24-20(17-7-10-22-11-8-17)25-21(18)23-13-16-5-3-2-4-6-16/h7-8,10-11,16H,2-6,9,12-14H2,1H3,(H,23,24,25). The van der Waals surface area contributed by atoms with Crippen LogP contribution in [0.1, 0.15) is 50.3 Å². The van der Waals surface area contributed by atoms with E-state index in [0.717, 1.165) is 42.5 Å². The van der Waals surface area contributed by atoms with E-state index >= 15 is 0 Å². The minimum atomic E-state index is 0.0986. The number of carbonyl (C=O) groups is 1. The van der Waals surface area contributed by atoms with Gasteiger partial charge in [-0.3, -0.25) is 9.78 Å². The number of aromatic nitrogens is 3. The molecule has 0 unspecified atom stereocenters. The van der Waals surface area contributed by atoms with Gasteiger partial charge in [0.1, 0.15) is 5.82 Å². The van der Waals surface area contributed by atoms with E-state index in [2.05, 4.69) is 10.3 Å². The fourth-order valence-electron chi connectivity index (χ4n) is 4.11. The molecule has 1 aliphatic heterocycles. The molecule has 1 fully saturated rings. The Kier molecular flexibility index (Phi) is 5.32. The maximum atomic E-state index is 11.8. The molecule has 0 radical (unpaired) electrons. The van der Waals surface area contributed by atoms with Crippen molar-refractivity contribution in [3.05, 3.63) is 35.8 Å². The molecule has 0 saturated heterocycles. The van der Waals surface area contributed by atoms with E-state index in [-0.39, 0.29) is 5.91 Å². The van der Waals surface area contributed by atoms with Gasteiger partial charge < -0.3 is 10.2 Å². The summed E-state index contributed by atoms with van der Waals surface area (Å²) in [5, 5.41) is 3.63. The number of pyridine rings is 1. The lowest BCUT2D eigenvalue weighted by atomic mass is 9.89. The smallest absolute Gasteiger partial charge is 0.219 e. The van der Waals surface area contributed by atoms with Crippen LogP contribution in [0.15, 0.2) is 24.5 Å². The van der Waals surface area contributed by atoms with Crippen LogP contribution in [0.3, 0.4) is 0 Å². The van der Waals surface area contributed by atoms with Gasteiger partial charge in [0, 0.05) is 43.5 Å². The molecule has 2 aromatic heterocycles. The number of rotatable bonds is 4. The summed E-state index contributed by atoms with van der Waals surface area (Å²) < 4.78 is 0. The topological polar surface area (TPSA) is 71.0 Å². The lowest BCUT2D eigenvalue weighted by Crippen LogP contribution is -2.35. The average molecular weight is 365 g/mol. The second kappa shape index (κ2) is 8.03. The third-order valence-corrected chi connectivity index (χ3v) is 5.73. The highest BCUT2D eigenvalue weighted by molar-refractivity contribution is 5.74. The molecule has 27 heavy (non-hydrogen) atoms. The number of nitrogens with zero attached hydrogens (tertiary/aromatic N) is 4. The summed E-state index contributed by atoms with van der Waals surface area (Å²) in [6, 6.07) is 3.86. The lowest BCUT2D eigenvalue weighted by molar-refractivity contribution is -0.129. The zero-order valence-electron chi connectivity index (χ0n) is 15.9. The van der Waals surface area contributed by atoms with Crippen molar-refractivity contribution in [2.75, 3.05) is 18.4 Å². The van der Waals surface area contributed by atoms with E-state index in [4.69, 9.17) is 9.97 Å². The van der Waals surface area contributed by atoms with Crippen molar-refractivity contribution >= 4 is 11.7 Å². The predicted octanol–water partition coefficient (Wildman–Crippen LogP) is 3.44. The van der Waals surface area contributed by atoms with Crippen LogP contribution >= 0.6 is 0 Å². The second-order valence-corrected chi connectivity index (χ2v) is 7.63. The molecule has 2 aliphatic rings. The van der Waals surface area contributed by atoms with E-state index in [1.54, 1.807) is 19.3 Å². The molecule has 1 amide bonds. The van der Waals surface area contributed by atoms with Gasteiger partial charge in [-0.2, -0.15) is 0 Å². The SMILES string of the molecule is CC(=O)N1CCc2c(nc(-c3ccncc3)nc2NCC2CCCCC2)C1. The van der Waals surface area contributed by atoms with E-state index in [0.29, 0.717) is 12.4 Å². The molecule has 6 heteroatoms. The first kappa shape index (κ1) is 17.9. The van der Waals surface area contributed by atoms with Crippen LogP contribution in [0.5, 0.6) is 0 Å². The molecule has 1 saturated carbocycles. The van der Waals surface area contributed by atoms with Crippen molar-refractivity contribution in [3.8, 4) is 11.4 Å². The van der Waals surface area contributed by atoms with Crippen LogP contribution in [-0.4, -0.2) is 38.8 Å². The van der Waals surface area contributed by atoms with Crippen LogP contribution in [0.2, 0.25) is 0 Å². The maximum absolute atomic E-state index is 11.8. The molecule has 6 nitrogen and oxygen atoms in total. The number of fused-ring (bicyclic) bond motifs is 1. The molecule has 4 rings (SSSR count). The first-order chi connectivity index (χ1) is 13.2. The van der Waals surface area contributed by atoms with Crippen LogP contribution in [0.4, 0.5) is 5.82 Å². The van der Waals surface area contributed by atoms with Crippen molar-refractivity contribution in [2.45, 2.75) is 52.0 Å². The molecule has 0 aromatic carbocycles. The van der Waals surface area contributed by atoms with Gasteiger partial charge >= 0.3 is 0 Å². The molecule has 0 spiro atoms. The normalized spacial score (nSPS) is 17.4. The van der Waals surface area contributed by atoms with Crippen molar-refractivity contribution in [2.24, 2.45) is 5.92 Å². The Balaban J connectivity index is 1.63. The second-order valence-electron chi connectivity index (χ2n) is 7.63. The van der Waals surface area contributed by atoms with Crippen molar-refractivity contribution < 1.29 is 4.79 Å². The van der Waals surface area contributed by atoms with Crippen LogP contribution < -0.4 is 5.32 Å². The van der Waals surface area contributed by atoms with E-state index in [1.807, 2.05) is 17.0 Å². The Hall–Kier alpha value is -2.50. The highest BCUT2D eigenvalue weighted by Crippen LogP contribution is 2.29. The Labute approximate surface area is 160 Å². The van der Waals surface area contributed by atoms with Crippen LogP contribution in [0.25, 0.3) is 11.4 Å². The summed E-state index contributed by atoms with van der Waals surface area (Å²) >= 11 is 0. The average Bonchev–Trinajstić information content (AvgIpc) is 2.72. The third-order valence-electron chi connectivity index (χ3n) is 5.73. The van der Waals surface area contributed by atoms with E-state index in [1.165, 1.54) is 37.7 Å². The lowest BCUT2D eigenvalue weighted by Gasteiger charge is -2.29. The van der Waals surface area contributed by atoms with Crippen molar-refractivity contribution in [1.29, 1.82) is 0 Å². The number of nitrogens with one attached hydrogen (secondary N) is 1. The Bertz CT molecular complexity index is 802. The van der Waals surface area contributed by atoms with Gasteiger partial charge in [0.05, 0.1) is 12.2 Å². The van der Waals surface area contributed by atoms with Gasteiger partial charge in [0.25, 0.3) is 0 Å². The van der Waals surface area contributed by atoms with Gasteiger partial charge in [0.15, 0.2) is 5.82 Å². The monoisotopic (exact) mass is 365 g/mol. The zero-order chi connectivity index (χ0) is 18.6. The molecule has 2 aromatic rings. The van der Waals surface area contributed by atoms with Crippen LogP contribution in [0, 0.1) is 5.92 Å². The Morgan fingerprint density at radius 3 is 2.70 bits per heavy atom. The number of hydrogen-bond acceptors (Lipinski definition) is 5. The highest BCUT2D eigenvalue weighted by Gasteiger charge is 2.24.